The van der Waals surface area contributed by atoms with Gasteiger partial charge in [-0.25, -0.2) is 4.90 Å². The van der Waals surface area contributed by atoms with Crippen molar-refractivity contribution < 1.29 is 14.3 Å². The number of likely N-dealkylation sites (N-methyl/N-ethyl adjacent to an activating group) is 1. The van der Waals surface area contributed by atoms with Crippen LogP contribution in [-0.2, 0) is 9.59 Å². The van der Waals surface area contributed by atoms with Gasteiger partial charge in [-0.1, -0.05) is 48.0 Å². The number of hydrogen-bond donors (Lipinski definition) is 0. The molecule has 0 spiro atoms. The quantitative estimate of drug-likeness (QED) is 0.446. The van der Waals surface area contributed by atoms with Gasteiger partial charge in [-0.2, -0.15) is 0 Å². The summed E-state index contributed by atoms with van der Waals surface area (Å²) < 4.78 is 5.58. The van der Waals surface area contributed by atoms with Crippen LogP contribution >= 0.6 is 11.6 Å². The number of carbonyl (C=O) groups excluding carboxylic acids is 2. The molecule has 162 valence electrons. The molecular formula is C26H23ClN2O3. The summed E-state index contributed by atoms with van der Waals surface area (Å²) in [6, 6.07) is 23.6. The number of ether oxygens (including phenoxy) is 1. The molecule has 4 rings (SSSR count). The first-order valence-electron chi connectivity index (χ1n) is 10.5. The molecule has 5 nitrogen and oxygen atoms in total. The van der Waals surface area contributed by atoms with Gasteiger partial charge in [-0.15, -0.1) is 0 Å². The Morgan fingerprint density at radius 2 is 1.59 bits per heavy atom. The SMILES string of the molecule is CCOc1cccc(N2C(=O)C(c3ccc(Cl)cc3)=C(N(CC)c3ccccc3)C2=O)c1. The number of amides is 2. The third kappa shape index (κ3) is 3.99. The third-order valence-corrected chi connectivity index (χ3v) is 5.49. The molecule has 0 unspecified atom stereocenters. The summed E-state index contributed by atoms with van der Waals surface area (Å²) in [5.41, 5.74) is 2.63. The Kier molecular flexibility index (Phi) is 6.28. The first kappa shape index (κ1) is 21.7. The van der Waals surface area contributed by atoms with E-state index in [-0.39, 0.29) is 11.8 Å². The van der Waals surface area contributed by atoms with E-state index in [0.29, 0.717) is 46.4 Å². The Hall–Kier alpha value is -3.57. The Labute approximate surface area is 192 Å². The van der Waals surface area contributed by atoms with Crippen molar-refractivity contribution in [3.05, 3.63) is 95.1 Å². The predicted octanol–water partition coefficient (Wildman–Crippen LogP) is 5.55. The molecule has 0 radical (unpaired) electrons. The summed E-state index contributed by atoms with van der Waals surface area (Å²) in [5.74, 6) is -0.155. The van der Waals surface area contributed by atoms with Gasteiger partial charge in [0.05, 0.1) is 17.9 Å². The van der Waals surface area contributed by atoms with Crippen molar-refractivity contribution in [2.24, 2.45) is 0 Å². The average molecular weight is 447 g/mol. The highest BCUT2D eigenvalue weighted by Gasteiger charge is 2.42. The van der Waals surface area contributed by atoms with E-state index < -0.39 is 0 Å². The van der Waals surface area contributed by atoms with Gasteiger partial charge >= 0.3 is 0 Å². The Bertz CT molecular complexity index is 1170. The van der Waals surface area contributed by atoms with E-state index in [1.807, 2.05) is 49.1 Å². The lowest BCUT2D eigenvalue weighted by Gasteiger charge is -2.25. The van der Waals surface area contributed by atoms with Gasteiger partial charge < -0.3 is 9.64 Å². The highest BCUT2D eigenvalue weighted by molar-refractivity contribution is 6.46. The fourth-order valence-corrected chi connectivity index (χ4v) is 3.96. The van der Waals surface area contributed by atoms with Crippen LogP contribution in [0.2, 0.25) is 5.02 Å². The minimum absolute atomic E-state index is 0.341. The van der Waals surface area contributed by atoms with Crippen molar-refractivity contribution in [3.8, 4) is 5.75 Å². The minimum Gasteiger partial charge on any atom is -0.494 e. The van der Waals surface area contributed by atoms with E-state index in [2.05, 4.69) is 0 Å². The van der Waals surface area contributed by atoms with Gasteiger partial charge in [0, 0.05) is 23.3 Å². The van der Waals surface area contributed by atoms with Gasteiger partial charge in [0.25, 0.3) is 11.8 Å². The highest BCUT2D eigenvalue weighted by atomic mass is 35.5. The number of carbonyl (C=O) groups is 2. The molecule has 3 aromatic carbocycles. The molecule has 1 aliphatic rings. The molecule has 0 aromatic heterocycles. The van der Waals surface area contributed by atoms with E-state index in [1.54, 1.807) is 48.5 Å². The molecule has 6 heteroatoms. The first-order chi connectivity index (χ1) is 15.5. The fourth-order valence-electron chi connectivity index (χ4n) is 3.84. The zero-order valence-electron chi connectivity index (χ0n) is 17.9. The summed E-state index contributed by atoms with van der Waals surface area (Å²) in [6.45, 7) is 4.84. The Morgan fingerprint density at radius 1 is 0.875 bits per heavy atom. The summed E-state index contributed by atoms with van der Waals surface area (Å²) in [5, 5.41) is 0.560. The summed E-state index contributed by atoms with van der Waals surface area (Å²) in [7, 11) is 0. The van der Waals surface area contributed by atoms with Gasteiger partial charge in [0.2, 0.25) is 0 Å². The van der Waals surface area contributed by atoms with E-state index in [1.165, 1.54) is 4.90 Å². The second kappa shape index (κ2) is 9.28. The number of halogens is 1. The van der Waals surface area contributed by atoms with Gasteiger partial charge in [-0.3, -0.25) is 9.59 Å². The van der Waals surface area contributed by atoms with Crippen molar-refractivity contribution in [1.29, 1.82) is 0 Å². The molecule has 0 saturated carbocycles. The van der Waals surface area contributed by atoms with Crippen LogP contribution in [0.1, 0.15) is 19.4 Å². The minimum atomic E-state index is -0.379. The van der Waals surface area contributed by atoms with Crippen LogP contribution in [0.5, 0.6) is 5.75 Å². The lowest BCUT2D eigenvalue weighted by atomic mass is 10.0. The van der Waals surface area contributed by atoms with Crippen molar-refractivity contribution in [3.63, 3.8) is 0 Å². The summed E-state index contributed by atoms with van der Waals surface area (Å²) in [4.78, 5) is 30.5. The van der Waals surface area contributed by atoms with Crippen molar-refractivity contribution in [2.45, 2.75) is 13.8 Å². The molecule has 0 N–H and O–H groups in total. The fraction of sp³-hybridized carbons (Fsp3) is 0.154. The monoisotopic (exact) mass is 446 g/mol. The highest BCUT2D eigenvalue weighted by Crippen LogP contribution is 2.37. The molecule has 0 saturated heterocycles. The van der Waals surface area contributed by atoms with E-state index in [9.17, 15) is 9.59 Å². The number of imide groups is 1. The topological polar surface area (TPSA) is 49.9 Å². The zero-order chi connectivity index (χ0) is 22.7. The number of para-hydroxylation sites is 1. The number of rotatable bonds is 7. The molecule has 0 aliphatic carbocycles. The standard InChI is InChI=1S/C26H23ClN2O3/c1-3-28(20-9-6-5-7-10-20)24-23(18-13-15-19(27)16-14-18)25(30)29(26(24)31)21-11-8-12-22(17-21)32-4-2/h5-17H,3-4H2,1-2H3. The van der Waals surface area contributed by atoms with Gasteiger partial charge in [0.15, 0.2) is 0 Å². The lowest BCUT2D eigenvalue weighted by molar-refractivity contribution is -0.120. The predicted molar refractivity (Wildman–Crippen MR) is 128 cm³/mol. The molecular weight excluding hydrogens is 424 g/mol. The molecule has 2 amide bonds. The number of anilines is 2. The zero-order valence-corrected chi connectivity index (χ0v) is 18.7. The van der Waals surface area contributed by atoms with Crippen LogP contribution in [0, 0.1) is 0 Å². The third-order valence-electron chi connectivity index (χ3n) is 5.23. The Morgan fingerprint density at radius 3 is 2.25 bits per heavy atom. The summed E-state index contributed by atoms with van der Waals surface area (Å²) >= 11 is 6.07. The van der Waals surface area contributed by atoms with Crippen molar-refractivity contribution in [1.82, 2.24) is 0 Å². The molecule has 3 aromatic rings. The molecule has 1 heterocycles. The molecule has 0 atom stereocenters. The van der Waals surface area contributed by atoms with Crippen LogP contribution in [0.15, 0.2) is 84.6 Å². The normalized spacial score (nSPS) is 13.7. The summed E-state index contributed by atoms with van der Waals surface area (Å²) in [6.07, 6.45) is 0. The van der Waals surface area contributed by atoms with E-state index >= 15 is 0 Å². The number of benzene rings is 3. The second-order valence-electron chi connectivity index (χ2n) is 7.19. The van der Waals surface area contributed by atoms with Crippen molar-refractivity contribution >= 4 is 40.4 Å². The lowest BCUT2D eigenvalue weighted by Crippen LogP contribution is -2.35. The maximum Gasteiger partial charge on any atom is 0.282 e. The van der Waals surface area contributed by atoms with Crippen LogP contribution in [0.3, 0.4) is 0 Å². The average Bonchev–Trinajstić information content (AvgIpc) is 3.06. The molecule has 0 bridgehead atoms. The molecule has 0 fully saturated rings. The first-order valence-corrected chi connectivity index (χ1v) is 10.9. The van der Waals surface area contributed by atoms with E-state index in [0.717, 1.165) is 5.69 Å². The smallest absolute Gasteiger partial charge is 0.282 e. The largest absolute Gasteiger partial charge is 0.494 e. The number of hydrogen-bond acceptors (Lipinski definition) is 4. The van der Waals surface area contributed by atoms with Crippen LogP contribution < -0.4 is 14.5 Å². The van der Waals surface area contributed by atoms with Crippen LogP contribution in [-0.4, -0.2) is 25.0 Å². The maximum absolute atomic E-state index is 13.7. The van der Waals surface area contributed by atoms with Crippen molar-refractivity contribution in [2.75, 3.05) is 23.0 Å². The van der Waals surface area contributed by atoms with Gasteiger partial charge in [-0.05, 0) is 55.8 Å². The van der Waals surface area contributed by atoms with Gasteiger partial charge in [0.1, 0.15) is 11.4 Å². The van der Waals surface area contributed by atoms with Crippen LogP contribution in [0.4, 0.5) is 11.4 Å². The Balaban J connectivity index is 1.87. The molecule has 32 heavy (non-hydrogen) atoms. The second-order valence-corrected chi connectivity index (χ2v) is 7.62. The van der Waals surface area contributed by atoms with Crippen LogP contribution in [0.25, 0.3) is 5.57 Å². The molecule has 1 aliphatic heterocycles. The van der Waals surface area contributed by atoms with E-state index in [4.69, 9.17) is 16.3 Å². The maximum atomic E-state index is 13.7. The number of nitrogens with zero attached hydrogens (tertiary/aromatic N) is 2.